The highest BCUT2D eigenvalue weighted by Crippen LogP contribution is 2.22. The quantitative estimate of drug-likeness (QED) is 0.549. The maximum atomic E-state index is 13.6. The van der Waals surface area contributed by atoms with E-state index < -0.39 is 22.5 Å². The molecule has 4 nitrogen and oxygen atoms in total. The minimum Gasteiger partial charge on any atom is -0.336 e. The zero-order chi connectivity index (χ0) is 16.0. The third-order valence-corrected chi connectivity index (χ3v) is 3.09. The first-order valence-corrected chi connectivity index (χ1v) is 7.10. The molecule has 110 valence electrons. The Labute approximate surface area is 130 Å². The number of thioether (sulfide) groups is 1. The molecule has 0 heterocycles. The number of allylic oxidation sites excluding steroid dienone is 1. The van der Waals surface area contributed by atoms with Gasteiger partial charge in [0.15, 0.2) is 0 Å². The summed E-state index contributed by atoms with van der Waals surface area (Å²) in [7, 11) is 0. The van der Waals surface area contributed by atoms with Gasteiger partial charge in [0.25, 0.3) is 0 Å². The van der Waals surface area contributed by atoms with Crippen molar-refractivity contribution in [3.05, 3.63) is 52.8 Å². The van der Waals surface area contributed by atoms with E-state index in [0.717, 1.165) is 12.1 Å². The molecular formula is C13H11ClF2N4S. The number of rotatable bonds is 6. The van der Waals surface area contributed by atoms with Crippen molar-refractivity contribution in [2.75, 3.05) is 11.6 Å². The van der Waals surface area contributed by atoms with E-state index in [9.17, 15) is 8.78 Å². The molecule has 0 aliphatic rings. The topological polar surface area (TPSA) is 71.7 Å². The lowest BCUT2D eigenvalue weighted by Crippen LogP contribution is -2.22. The molecule has 3 N–H and O–H groups in total. The second-order valence-electron chi connectivity index (χ2n) is 3.65. The molecule has 0 aliphatic heterocycles. The predicted molar refractivity (Wildman–Crippen MR) is 82.0 cm³/mol. The largest absolute Gasteiger partial charge is 0.336 e. The smallest absolute Gasteiger partial charge is 0.149 e. The zero-order valence-electron chi connectivity index (χ0n) is 10.9. The molecule has 0 atom stereocenters. The lowest BCUT2D eigenvalue weighted by atomic mass is 10.2. The highest BCUT2D eigenvalue weighted by atomic mass is 35.5. The first-order valence-electron chi connectivity index (χ1n) is 5.50. The fourth-order valence-electron chi connectivity index (χ4n) is 1.30. The molecule has 1 rings (SSSR count). The Kier molecular flexibility index (Phi) is 6.21. The number of para-hydroxylation sites is 1. The van der Waals surface area contributed by atoms with Crippen molar-refractivity contribution in [3.63, 3.8) is 0 Å². The first kappa shape index (κ1) is 17.0. The van der Waals surface area contributed by atoms with Gasteiger partial charge in [-0.25, -0.2) is 8.78 Å². The zero-order valence-corrected chi connectivity index (χ0v) is 12.5. The van der Waals surface area contributed by atoms with Crippen LogP contribution in [0.15, 0.2) is 41.2 Å². The molecule has 0 aliphatic carbocycles. The van der Waals surface area contributed by atoms with Crippen LogP contribution < -0.4 is 10.6 Å². The van der Waals surface area contributed by atoms with Gasteiger partial charge in [0.2, 0.25) is 0 Å². The molecule has 1 aromatic carbocycles. The van der Waals surface area contributed by atoms with Crippen LogP contribution in [-0.2, 0) is 0 Å². The van der Waals surface area contributed by atoms with Gasteiger partial charge in [-0.2, -0.15) is 5.26 Å². The third kappa shape index (κ3) is 4.48. The summed E-state index contributed by atoms with van der Waals surface area (Å²) in [5.41, 5.74) is -0.755. The van der Waals surface area contributed by atoms with Crippen LogP contribution in [-0.4, -0.2) is 11.4 Å². The van der Waals surface area contributed by atoms with Crippen molar-refractivity contribution >= 4 is 34.2 Å². The van der Waals surface area contributed by atoms with Crippen LogP contribution in [0.3, 0.4) is 0 Å². The fourth-order valence-corrected chi connectivity index (χ4v) is 1.64. The van der Waals surface area contributed by atoms with Crippen molar-refractivity contribution in [3.8, 4) is 6.07 Å². The van der Waals surface area contributed by atoms with Gasteiger partial charge in [-0.05, 0) is 18.4 Å². The van der Waals surface area contributed by atoms with Crippen LogP contribution in [0.25, 0.3) is 0 Å². The number of nitriles is 1. The number of halogens is 3. The van der Waals surface area contributed by atoms with E-state index in [-0.39, 0.29) is 11.4 Å². The van der Waals surface area contributed by atoms with E-state index >= 15 is 0 Å². The Morgan fingerprint density at radius 3 is 2.43 bits per heavy atom. The Hall–Kier alpha value is -2.04. The standard InChI is InChI=1S/C13H11ClF2N4S/c1-7(21-2)19-13(8(6-17)12(14)18)20-11-9(15)4-3-5-10(11)16/h3-5,18-20H,1H2,2H3. The summed E-state index contributed by atoms with van der Waals surface area (Å²) in [4.78, 5) is 0. The predicted octanol–water partition coefficient (Wildman–Crippen LogP) is 3.75. The Balaban J connectivity index is 3.30. The minimum atomic E-state index is -0.845. The molecule has 8 heteroatoms. The summed E-state index contributed by atoms with van der Waals surface area (Å²) in [5.74, 6) is -1.81. The molecule has 0 saturated carbocycles. The van der Waals surface area contributed by atoms with Crippen molar-refractivity contribution in [1.29, 1.82) is 10.7 Å². The lowest BCUT2D eigenvalue weighted by Gasteiger charge is -2.16. The monoisotopic (exact) mass is 328 g/mol. The second kappa shape index (κ2) is 7.67. The average Bonchev–Trinajstić information content (AvgIpc) is 2.42. The van der Waals surface area contributed by atoms with E-state index in [2.05, 4.69) is 17.2 Å². The number of hydrogen-bond donors (Lipinski definition) is 3. The molecule has 0 amide bonds. The summed E-state index contributed by atoms with van der Waals surface area (Å²) < 4.78 is 27.3. The molecule has 0 spiro atoms. The third-order valence-electron chi connectivity index (χ3n) is 2.30. The van der Waals surface area contributed by atoms with Crippen LogP contribution in [0.4, 0.5) is 14.5 Å². The van der Waals surface area contributed by atoms with Gasteiger partial charge >= 0.3 is 0 Å². The first-order chi connectivity index (χ1) is 9.90. The van der Waals surface area contributed by atoms with Gasteiger partial charge < -0.3 is 10.6 Å². The summed E-state index contributed by atoms with van der Waals surface area (Å²) in [6.07, 6.45) is 1.72. The van der Waals surface area contributed by atoms with E-state index in [1.165, 1.54) is 17.8 Å². The number of anilines is 1. The number of nitrogens with one attached hydrogen (secondary N) is 3. The van der Waals surface area contributed by atoms with Crippen LogP contribution in [0.5, 0.6) is 0 Å². The van der Waals surface area contributed by atoms with Crippen LogP contribution in [0.2, 0.25) is 0 Å². The Morgan fingerprint density at radius 2 is 2.00 bits per heavy atom. The molecule has 21 heavy (non-hydrogen) atoms. The number of benzene rings is 1. The molecule has 0 radical (unpaired) electrons. The number of hydrogen-bond acceptors (Lipinski definition) is 5. The highest BCUT2D eigenvalue weighted by Gasteiger charge is 2.16. The molecule has 0 fully saturated rings. The molecular weight excluding hydrogens is 318 g/mol. The maximum absolute atomic E-state index is 13.6. The summed E-state index contributed by atoms with van der Waals surface area (Å²) >= 11 is 6.73. The van der Waals surface area contributed by atoms with E-state index in [1.807, 2.05) is 0 Å². The molecule has 0 bridgehead atoms. The van der Waals surface area contributed by atoms with Crippen molar-refractivity contribution < 1.29 is 8.78 Å². The second-order valence-corrected chi connectivity index (χ2v) is 4.93. The normalized spacial score (nSPS) is 11.2. The minimum absolute atomic E-state index is 0.124. The van der Waals surface area contributed by atoms with Gasteiger partial charge in [-0.3, -0.25) is 5.41 Å². The van der Waals surface area contributed by atoms with Crippen molar-refractivity contribution in [1.82, 2.24) is 5.32 Å². The highest BCUT2D eigenvalue weighted by molar-refractivity contribution is 8.02. The van der Waals surface area contributed by atoms with Crippen LogP contribution >= 0.6 is 23.4 Å². The molecule has 1 aromatic rings. The summed E-state index contributed by atoms with van der Waals surface area (Å²) in [5, 5.41) is 21.3. The van der Waals surface area contributed by atoms with Gasteiger partial charge in [0, 0.05) is 0 Å². The van der Waals surface area contributed by atoms with E-state index in [0.29, 0.717) is 5.03 Å². The van der Waals surface area contributed by atoms with Gasteiger partial charge in [-0.1, -0.05) is 24.2 Å². The Bertz CT molecular complexity index is 632. The number of nitrogens with zero attached hydrogens (tertiary/aromatic N) is 1. The van der Waals surface area contributed by atoms with Gasteiger partial charge in [0.1, 0.15) is 40.0 Å². The lowest BCUT2D eigenvalue weighted by molar-refractivity contribution is 0.589. The summed E-state index contributed by atoms with van der Waals surface area (Å²) in [6.45, 7) is 3.64. The SMILES string of the molecule is C=C(NC(Nc1c(F)cccc1F)=C(C#N)C(=N)Cl)SC. The fraction of sp³-hybridized carbons (Fsp3) is 0.0769. The molecule has 0 aromatic heterocycles. The molecule has 0 unspecified atom stereocenters. The van der Waals surface area contributed by atoms with Gasteiger partial charge in [0.05, 0.1) is 5.03 Å². The Morgan fingerprint density at radius 1 is 1.43 bits per heavy atom. The van der Waals surface area contributed by atoms with Crippen molar-refractivity contribution in [2.24, 2.45) is 0 Å². The average molecular weight is 329 g/mol. The van der Waals surface area contributed by atoms with E-state index in [1.54, 1.807) is 12.3 Å². The van der Waals surface area contributed by atoms with E-state index in [4.69, 9.17) is 22.3 Å². The summed E-state index contributed by atoms with van der Waals surface area (Å²) in [6, 6.07) is 5.02. The molecule has 0 saturated heterocycles. The van der Waals surface area contributed by atoms with Crippen molar-refractivity contribution in [2.45, 2.75) is 0 Å². The van der Waals surface area contributed by atoms with Crippen LogP contribution in [0, 0.1) is 28.4 Å². The van der Waals surface area contributed by atoms with Gasteiger partial charge in [-0.15, -0.1) is 11.8 Å². The maximum Gasteiger partial charge on any atom is 0.149 e. The van der Waals surface area contributed by atoms with Crippen LogP contribution in [0.1, 0.15) is 0 Å².